The van der Waals surface area contributed by atoms with Gasteiger partial charge in [-0.25, -0.2) is 4.79 Å². The van der Waals surface area contributed by atoms with Crippen molar-refractivity contribution in [2.45, 2.75) is 49.8 Å². The molecule has 0 spiro atoms. The van der Waals surface area contributed by atoms with Crippen molar-refractivity contribution in [3.63, 3.8) is 0 Å². The number of alkyl carbamates (subject to hydrolysis) is 1. The number of amides is 1. The van der Waals surface area contributed by atoms with Gasteiger partial charge in [0.1, 0.15) is 11.6 Å². The molecule has 2 heterocycles. The number of halogens is 1. The number of hydrogen-bond acceptors (Lipinski definition) is 6. The lowest BCUT2D eigenvalue weighted by atomic mass is 10.1. The second-order valence-electron chi connectivity index (χ2n) is 8.55. The first-order valence-corrected chi connectivity index (χ1v) is 11.9. The molecule has 9 heteroatoms. The van der Waals surface area contributed by atoms with Gasteiger partial charge in [-0.05, 0) is 44.0 Å². The standard InChI is InChI=1S/C24H25ClN4O3S/c1-24(2,3)32-22(30)27-20(12-16-13-26-19-11-7-5-9-17(16)19)21-28-29-23(31-21)33-14-15-8-4-6-10-18(15)25/h4-11,13,20,26H,12,14H2,1-3H3,(H,27,30)/t20-/m1/s1. The number of aromatic amines is 1. The van der Waals surface area contributed by atoms with Crippen LogP contribution in [0.3, 0.4) is 0 Å². The molecule has 7 nitrogen and oxygen atoms in total. The first-order valence-electron chi connectivity index (χ1n) is 10.5. The predicted octanol–water partition coefficient (Wildman–Crippen LogP) is 6.31. The Bertz CT molecular complexity index is 1250. The molecule has 0 bridgehead atoms. The molecular weight excluding hydrogens is 460 g/mol. The normalized spacial score (nSPS) is 12.6. The molecule has 0 fully saturated rings. The molecule has 2 N–H and O–H groups in total. The number of carbonyl (C=O) groups excluding carboxylic acids is 1. The highest BCUT2D eigenvalue weighted by molar-refractivity contribution is 7.98. The number of hydrogen-bond donors (Lipinski definition) is 2. The van der Waals surface area contributed by atoms with Gasteiger partial charge in [-0.2, -0.15) is 0 Å². The maximum Gasteiger partial charge on any atom is 0.408 e. The molecule has 4 aromatic rings. The van der Waals surface area contributed by atoms with Crippen LogP contribution in [0.1, 0.15) is 43.8 Å². The van der Waals surface area contributed by atoms with Gasteiger partial charge in [0.25, 0.3) is 5.22 Å². The summed E-state index contributed by atoms with van der Waals surface area (Å²) in [5.41, 5.74) is 2.39. The molecule has 0 saturated carbocycles. The van der Waals surface area contributed by atoms with Crippen LogP contribution in [-0.2, 0) is 16.9 Å². The molecule has 1 atom stereocenters. The molecular formula is C24H25ClN4O3S. The van der Waals surface area contributed by atoms with E-state index in [2.05, 4.69) is 20.5 Å². The summed E-state index contributed by atoms with van der Waals surface area (Å²) in [6.45, 7) is 5.45. The van der Waals surface area contributed by atoms with Gasteiger partial charge >= 0.3 is 6.09 Å². The zero-order valence-corrected chi connectivity index (χ0v) is 20.2. The number of rotatable bonds is 7. The van der Waals surface area contributed by atoms with Gasteiger partial charge in [0.05, 0.1) is 0 Å². The molecule has 172 valence electrons. The van der Waals surface area contributed by atoms with E-state index in [4.69, 9.17) is 20.8 Å². The molecule has 2 aromatic carbocycles. The Morgan fingerprint density at radius 2 is 1.91 bits per heavy atom. The Morgan fingerprint density at radius 1 is 1.15 bits per heavy atom. The van der Waals surface area contributed by atoms with Crippen molar-refractivity contribution >= 4 is 40.4 Å². The van der Waals surface area contributed by atoms with Gasteiger partial charge in [-0.3, -0.25) is 0 Å². The summed E-state index contributed by atoms with van der Waals surface area (Å²) in [4.78, 5) is 15.8. The Labute approximate surface area is 201 Å². The molecule has 0 saturated heterocycles. The number of aromatic nitrogens is 3. The largest absolute Gasteiger partial charge is 0.444 e. The third kappa shape index (κ3) is 6.09. The summed E-state index contributed by atoms with van der Waals surface area (Å²) in [5.74, 6) is 0.904. The van der Waals surface area contributed by atoms with E-state index in [9.17, 15) is 4.79 Å². The molecule has 0 aliphatic heterocycles. The number of nitrogens with zero attached hydrogens (tertiary/aromatic N) is 2. The molecule has 33 heavy (non-hydrogen) atoms. The van der Waals surface area contributed by atoms with Gasteiger partial charge in [0.2, 0.25) is 5.89 Å². The minimum atomic E-state index is -0.625. The number of para-hydroxylation sites is 1. The van der Waals surface area contributed by atoms with Gasteiger partial charge in [0.15, 0.2) is 0 Å². The number of nitrogens with one attached hydrogen (secondary N) is 2. The topological polar surface area (TPSA) is 93.0 Å². The lowest BCUT2D eigenvalue weighted by Crippen LogP contribution is -2.36. The second kappa shape index (κ2) is 9.89. The van der Waals surface area contributed by atoms with E-state index in [1.165, 1.54) is 11.8 Å². The van der Waals surface area contributed by atoms with Crippen molar-refractivity contribution in [2.75, 3.05) is 0 Å². The van der Waals surface area contributed by atoms with Crippen LogP contribution >= 0.6 is 23.4 Å². The van der Waals surface area contributed by atoms with E-state index < -0.39 is 17.7 Å². The fourth-order valence-electron chi connectivity index (χ4n) is 3.34. The van der Waals surface area contributed by atoms with Crippen LogP contribution in [0.2, 0.25) is 5.02 Å². The van der Waals surface area contributed by atoms with E-state index in [1.54, 1.807) is 0 Å². The lowest BCUT2D eigenvalue weighted by molar-refractivity contribution is 0.0494. The van der Waals surface area contributed by atoms with E-state index in [-0.39, 0.29) is 0 Å². The zero-order valence-electron chi connectivity index (χ0n) is 18.6. The van der Waals surface area contributed by atoms with E-state index in [0.29, 0.717) is 28.3 Å². The fourth-order valence-corrected chi connectivity index (χ4v) is 4.40. The minimum absolute atomic E-state index is 0.313. The zero-order chi connectivity index (χ0) is 23.4. The maximum absolute atomic E-state index is 12.5. The molecule has 2 aromatic heterocycles. The lowest BCUT2D eigenvalue weighted by Gasteiger charge is -2.22. The monoisotopic (exact) mass is 484 g/mol. The Hall–Kier alpha value is -2.97. The number of ether oxygens (including phenoxy) is 1. The molecule has 4 rings (SSSR count). The quantitative estimate of drug-likeness (QED) is 0.299. The Balaban J connectivity index is 1.54. The van der Waals surface area contributed by atoms with Crippen LogP contribution in [-0.4, -0.2) is 26.9 Å². The van der Waals surface area contributed by atoms with Gasteiger partial charge in [-0.15, -0.1) is 10.2 Å². The van der Waals surface area contributed by atoms with Crippen LogP contribution in [0.4, 0.5) is 4.79 Å². The van der Waals surface area contributed by atoms with Crippen molar-refractivity contribution in [1.82, 2.24) is 20.5 Å². The van der Waals surface area contributed by atoms with Crippen molar-refractivity contribution in [3.8, 4) is 0 Å². The first kappa shape index (κ1) is 23.2. The van der Waals surface area contributed by atoms with Crippen molar-refractivity contribution in [1.29, 1.82) is 0 Å². The van der Waals surface area contributed by atoms with Crippen LogP contribution in [0.25, 0.3) is 10.9 Å². The predicted molar refractivity (Wildman–Crippen MR) is 129 cm³/mol. The summed E-state index contributed by atoms with van der Waals surface area (Å²) < 4.78 is 11.4. The fraction of sp³-hybridized carbons (Fsp3) is 0.292. The third-order valence-corrected chi connectivity index (χ3v) is 6.06. The van der Waals surface area contributed by atoms with Crippen LogP contribution in [0.5, 0.6) is 0 Å². The third-order valence-electron chi connectivity index (χ3n) is 4.82. The summed E-state index contributed by atoms with van der Waals surface area (Å²) in [6, 6.07) is 15.1. The van der Waals surface area contributed by atoms with Crippen molar-refractivity contribution in [3.05, 3.63) is 76.8 Å². The number of thioether (sulfide) groups is 1. The average molecular weight is 485 g/mol. The Morgan fingerprint density at radius 3 is 2.70 bits per heavy atom. The summed E-state index contributed by atoms with van der Waals surface area (Å²) in [5, 5.41) is 13.4. The average Bonchev–Trinajstić information content (AvgIpc) is 3.39. The van der Waals surface area contributed by atoms with E-state index in [1.807, 2.05) is 75.5 Å². The van der Waals surface area contributed by atoms with Crippen LogP contribution < -0.4 is 5.32 Å². The molecule has 0 radical (unpaired) electrons. The maximum atomic E-state index is 12.5. The summed E-state index contributed by atoms with van der Waals surface area (Å²) in [6.07, 6.45) is 1.84. The summed E-state index contributed by atoms with van der Waals surface area (Å²) in [7, 11) is 0. The minimum Gasteiger partial charge on any atom is -0.444 e. The van der Waals surface area contributed by atoms with E-state index in [0.717, 1.165) is 22.0 Å². The second-order valence-corrected chi connectivity index (χ2v) is 9.88. The van der Waals surface area contributed by atoms with Gasteiger partial charge < -0.3 is 19.5 Å². The smallest absolute Gasteiger partial charge is 0.408 e. The Kier molecular flexibility index (Phi) is 6.95. The van der Waals surface area contributed by atoms with E-state index >= 15 is 0 Å². The molecule has 0 aliphatic carbocycles. The van der Waals surface area contributed by atoms with Crippen molar-refractivity contribution < 1.29 is 13.9 Å². The first-order chi connectivity index (χ1) is 15.8. The van der Waals surface area contributed by atoms with Crippen LogP contribution in [0.15, 0.2) is 64.4 Å². The molecule has 1 amide bonds. The highest BCUT2D eigenvalue weighted by atomic mass is 35.5. The number of benzene rings is 2. The molecule has 0 unspecified atom stereocenters. The van der Waals surface area contributed by atoms with Gasteiger partial charge in [-0.1, -0.05) is 59.8 Å². The van der Waals surface area contributed by atoms with Crippen molar-refractivity contribution in [2.24, 2.45) is 0 Å². The molecule has 0 aliphatic rings. The summed E-state index contributed by atoms with van der Waals surface area (Å²) >= 11 is 7.63. The highest BCUT2D eigenvalue weighted by Gasteiger charge is 2.26. The highest BCUT2D eigenvalue weighted by Crippen LogP contribution is 2.29. The van der Waals surface area contributed by atoms with Gasteiger partial charge in [0, 0.05) is 34.3 Å². The SMILES string of the molecule is CC(C)(C)OC(=O)N[C@H](Cc1c[nH]c2ccccc12)c1nnc(SCc2ccccc2Cl)o1. The van der Waals surface area contributed by atoms with Crippen LogP contribution in [0, 0.1) is 0 Å². The number of fused-ring (bicyclic) bond motifs is 1. The number of carbonyl (C=O) groups is 1. The number of H-pyrrole nitrogens is 1.